The molecule has 6 heteroatoms. The summed E-state index contributed by atoms with van der Waals surface area (Å²) in [6, 6.07) is 8.56. The summed E-state index contributed by atoms with van der Waals surface area (Å²) in [5.74, 6) is -1.36. The largest absolute Gasteiger partial charge is 0.481 e. The van der Waals surface area contributed by atoms with Gasteiger partial charge in [0.2, 0.25) is 0 Å². The summed E-state index contributed by atoms with van der Waals surface area (Å²) >= 11 is 5.75. The van der Waals surface area contributed by atoms with Crippen molar-refractivity contribution in [1.29, 1.82) is 0 Å². The van der Waals surface area contributed by atoms with Gasteiger partial charge in [0.1, 0.15) is 5.92 Å². The Morgan fingerprint density at radius 2 is 2.10 bits per heavy atom. The highest BCUT2D eigenvalue weighted by molar-refractivity contribution is 7.81. The zero-order valence-electron chi connectivity index (χ0n) is 16.6. The number of carbonyl (C=O) groups is 1. The Labute approximate surface area is 177 Å². The summed E-state index contributed by atoms with van der Waals surface area (Å²) in [5, 5.41) is 19.7. The number of aryl methyl sites for hydroxylation is 1. The predicted molar refractivity (Wildman–Crippen MR) is 118 cm³/mol. The number of hydrogen-bond donors (Lipinski definition) is 4. The summed E-state index contributed by atoms with van der Waals surface area (Å²) in [6.45, 7) is 3.48. The third-order valence-corrected chi connectivity index (χ3v) is 6.54. The van der Waals surface area contributed by atoms with E-state index < -0.39 is 11.9 Å². The maximum atomic E-state index is 12.0. The van der Waals surface area contributed by atoms with Crippen molar-refractivity contribution in [2.24, 2.45) is 11.8 Å². The molecule has 2 unspecified atom stereocenters. The minimum absolute atomic E-state index is 0.269. The van der Waals surface area contributed by atoms with Crippen LogP contribution in [0.1, 0.15) is 30.9 Å². The fraction of sp³-hybridized carbons (Fsp3) is 0.391. The molecule has 1 aromatic carbocycles. The molecule has 3 aliphatic rings. The number of nitrogens with one attached hydrogen (secondary N) is 3. The Balaban J connectivity index is 1.67. The van der Waals surface area contributed by atoms with Gasteiger partial charge < -0.3 is 21.1 Å². The monoisotopic (exact) mass is 409 g/mol. The highest BCUT2D eigenvalue weighted by atomic mass is 32.1. The highest BCUT2D eigenvalue weighted by Gasteiger charge is 2.35. The Bertz CT molecular complexity index is 932. The van der Waals surface area contributed by atoms with E-state index in [-0.39, 0.29) is 5.92 Å². The minimum atomic E-state index is -0.877. The molecular weight excluding hydrogens is 382 g/mol. The number of carboxylic acids is 1. The van der Waals surface area contributed by atoms with E-state index in [0.717, 1.165) is 49.3 Å². The number of carboxylic acid groups (broad SMARTS) is 1. The van der Waals surface area contributed by atoms with Crippen LogP contribution in [0.25, 0.3) is 0 Å². The average molecular weight is 410 g/mol. The van der Waals surface area contributed by atoms with Gasteiger partial charge >= 0.3 is 5.97 Å². The molecule has 0 amide bonds. The number of fused-ring (bicyclic) bond motifs is 1. The van der Waals surface area contributed by atoms with Crippen LogP contribution in [-0.2, 0) is 17.6 Å². The Hall–Kier alpha value is -2.60. The number of aliphatic carboxylic acids is 1. The molecule has 4 N–H and O–H groups in total. The van der Waals surface area contributed by atoms with E-state index >= 15 is 0 Å². The van der Waals surface area contributed by atoms with Crippen molar-refractivity contribution in [3.05, 3.63) is 70.2 Å². The number of allylic oxidation sites excluding steroid dienone is 2. The number of rotatable bonds is 6. The fourth-order valence-electron chi connectivity index (χ4n) is 4.62. The first kappa shape index (κ1) is 19.7. The van der Waals surface area contributed by atoms with Gasteiger partial charge in [-0.15, -0.1) is 0 Å². The van der Waals surface area contributed by atoms with Crippen molar-refractivity contribution in [3.63, 3.8) is 0 Å². The molecule has 29 heavy (non-hydrogen) atoms. The lowest BCUT2D eigenvalue weighted by Crippen LogP contribution is -2.35. The summed E-state index contributed by atoms with van der Waals surface area (Å²) in [6.07, 6.45) is 7.51. The third kappa shape index (κ3) is 3.94. The van der Waals surface area contributed by atoms with Gasteiger partial charge in [-0.25, -0.2) is 0 Å². The van der Waals surface area contributed by atoms with E-state index in [1.165, 1.54) is 16.7 Å². The van der Waals surface area contributed by atoms with Gasteiger partial charge in [-0.3, -0.25) is 4.79 Å². The van der Waals surface area contributed by atoms with Crippen molar-refractivity contribution in [2.75, 3.05) is 13.2 Å². The van der Waals surface area contributed by atoms with Crippen LogP contribution in [0.5, 0.6) is 0 Å². The van der Waals surface area contributed by atoms with Crippen LogP contribution in [0.15, 0.2) is 59.1 Å². The average Bonchev–Trinajstić information content (AvgIpc) is 3.25. The summed E-state index contributed by atoms with van der Waals surface area (Å²) in [5.41, 5.74) is 6.99. The van der Waals surface area contributed by atoms with Crippen LogP contribution in [0, 0.1) is 11.8 Å². The second-order valence-corrected chi connectivity index (χ2v) is 8.24. The van der Waals surface area contributed by atoms with Gasteiger partial charge in [0.05, 0.1) is 13.2 Å². The van der Waals surface area contributed by atoms with Gasteiger partial charge in [0, 0.05) is 22.5 Å². The van der Waals surface area contributed by atoms with Crippen LogP contribution in [0.4, 0.5) is 0 Å². The topological polar surface area (TPSA) is 73.4 Å². The van der Waals surface area contributed by atoms with Crippen LogP contribution in [0.3, 0.4) is 0 Å². The Morgan fingerprint density at radius 1 is 1.31 bits per heavy atom. The number of hydrogen-bond acceptors (Lipinski definition) is 5. The standard InChI is InChI=1S/C23H27N3O2S/c1-2-18-20(25-12-17-11-24-13-26-17)10-19(23(27)28)22(29)21(18)16-8-7-14-5-3-4-6-15(14)9-16/h3-6,10-11,16,19,24-26H,2,7-9,12-13H2,1H3,(H,27,28). The first-order valence-electron chi connectivity index (χ1n) is 10.3. The molecule has 0 aromatic heterocycles. The minimum Gasteiger partial charge on any atom is -0.481 e. The lowest BCUT2D eigenvalue weighted by atomic mass is 9.73. The Kier molecular flexibility index (Phi) is 5.72. The normalized spacial score (nSPS) is 23.6. The van der Waals surface area contributed by atoms with Crippen LogP contribution >= 0.6 is 12.2 Å². The number of benzene rings is 1. The van der Waals surface area contributed by atoms with Gasteiger partial charge in [0.25, 0.3) is 0 Å². The first-order chi connectivity index (χ1) is 14.1. The molecule has 2 atom stereocenters. The van der Waals surface area contributed by atoms with Crippen molar-refractivity contribution >= 4 is 23.1 Å². The molecule has 0 saturated heterocycles. The second-order valence-electron chi connectivity index (χ2n) is 7.80. The van der Waals surface area contributed by atoms with Crippen LogP contribution in [-0.4, -0.2) is 29.2 Å². The Morgan fingerprint density at radius 3 is 2.79 bits per heavy atom. The maximum Gasteiger partial charge on any atom is 0.315 e. The van der Waals surface area contributed by atoms with E-state index in [1.807, 2.05) is 6.20 Å². The molecular formula is C23H27N3O2S. The molecule has 0 saturated carbocycles. The molecule has 2 aliphatic carbocycles. The lowest BCUT2D eigenvalue weighted by molar-refractivity contribution is -0.138. The van der Waals surface area contributed by atoms with Crippen molar-refractivity contribution in [2.45, 2.75) is 32.6 Å². The molecule has 1 aliphatic heterocycles. The lowest BCUT2D eigenvalue weighted by Gasteiger charge is -2.34. The number of thiocarbonyl (C=S) groups is 1. The molecule has 1 heterocycles. The molecule has 0 spiro atoms. The quantitative estimate of drug-likeness (QED) is 0.542. The molecule has 0 fully saturated rings. The van der Waals surface area contributed by atoms with E-state index in [9.17, 15) is 9.90 Å². The van der Waals surface area contributed by atoms with E-state index in [0.29, 0.717) is 11.4 Å². The summed E-state index contributed by atoms with van der Waals surface area (Å²) in [7, 11) is 0. The SMILES string of the molecule is CCC1=C(C2CCc3ccccc3C2)C(=S)C(C(=O)O)C=C1NCC1=CNCN1. The van der Waals surface area contributed by atoms with Gasteiger partial charge in [-0.1, -0.05) is 43.4 Å². The maximum absolute atomic E-state index is 12.0. The zero-order chi connectivity index (χ0) is 20.4. The zero-order valence-corrected chi connectivity index (χ0v) is 17.4. The van der Waals surface area contributed by atoms with Gasteiger partial charge in [-0.2, -0.15) is 0 Å². The van der Waals surface area contributed by atoms with E-state index in [4.69, 9.17) is 12.2 Å². The van der Waals surface area contributed by atoms with Crippen molar-refractivity contribution in [1.82, 2.24) is 16.0 Å². The van der Waals surface area contributed by atoms with E-state index in [2.05, 4.69) is 47.1 Å². The smallest absolute Gasteiger partial charge is 0.315 e. The van der Waals surface area contributed by atoms with Crippen LogP contribution < -0.4 is 16.0 Å². The third-order valence-electron chi connectivity index (χ3n) is 6.07. The van der Waals surface area contributed by atoms with E-state index in [1.54, 1.807) is 6.08 Å². The van der Waals surface area contributed by atoms with Crippen molar-refractivity contribution < 1.29 is 9.90 Å². The fourth-order valence-corrected chi connectivity index (χ4v) is 5.08. The van der Waals surface area contributed by atoms with Gasteiger partial charge in [0.15, 0.2) is 0 Å². The molecule has 1 aromatic rings. The van der Waals surface area contributed by atoms with Gasteiger partial charge in [-0.05, 0) is 60.0 Å². The molecule has 0 radical (unpaired) electrons. The molecule has 0 bridgehead atoms. The summed E-state index contributed by atoms with van der Waals surface area (Å²) in [4.78, 5) is 12.6. The second kappa shape index (κ2) is 8.41. The van der Waals surface area contributed by atoms with Crippen LogP contribution in [0.2, 0.25) is 0 Å². The highest BCUT2D eigenvalue weighted by Crippen LogP contribution is 2.39. The van der Waals surface area contributed by atoms with Crippen molar-refractivity contribution in [3.8, 4) is 0 Å². The summed E-state index contributed by atoms with van der Waals surface area (Å²) < 4.78 is 0. The molecule has 5 nitrogen and oxygen atoms in total. The first-order valence-corrected chi connectivity index (χ1v) is 10.7. The molecule has 152 valence electrons. The molecule has 4 rings (SSSR count). The predicted octanol–water partition coefficient (Wildman–Crippen LogP) is 3.05.